The topological polar surface area (TPSA) is 87.2 Å². The quantitative estimate of drug-likeness (QED) is 0.113. The van der Waals surface area contributed by atoms with Crippen molar-refractivity contribution in [3.63, 3.8) is 0 Å². The number of fused-ring (bicyclic) bond motifs is 6. The molecule has 105 heavy (non-hydrogen) atoms. The monoisotopic (exact) mass is 1400 g/mol. The predicted octanol–water partition coefficient (Wildman–Crippen LogP) is 23.8. The molecule has 0 saturated carbocycles. The molecule has 0 atom stereocenters. The number of aryl methyl sites for hydroxylation is 1. The summed E-state index contributed by atoms with van der Waals surface area (Å²) < 4.78 is 157. The zero-order valence-electron chi connectivity index (χ0n) is 55.0. The average molecular weight is 1400 g/mol. The van der Waals surface area contributed by atoms with Crippen LogP contribution in [-0.4, -0.2) is 39.0 Å². The second-order valence-corrected chi connectivity index (χ2v) is 25.4. The molecule has 0 fully saturated rings. The molecule has 0 aliphatic rings. The van der Waals surface area contributed by atoms with Crippen LogP contribution in [-0.2, 0) is 12.4 Å². The lowest BCUT2D eigenvalue weighted by atomic mass is 9.89. The Bertz CT molecular complexity index is 6130. The molecule has 0 bridgehead atoms. The molecule has 17 aromatic rings. The molecule has 0 radical (unpaired) electrons. The van der Waals surface area contributed by atoms with E-state index in [2.05, 4.69) is 10.6 Å². The van der Waals surface area contributed by atoms with Gasteiger partial charge in [0.15, 0.2) is 34.9 Å². The van der Waals surface area contributed by atoms with Crippen molar-refractivity contribution in [2.75, 3.05) is 0 Å². The summed E-state index contributed by atoms with van der Waals surface area (Å²) in [5.74, 6) is -1.99. The van der Waals surface area contributed by atoms with Gasteiger partial charge in [-0.05, 0) is 137 Å². The molecular formula is C87H50F10N8. The third-order valence-electron chi connectivity index (χ3n) is 18.9. The average Bonchev–Trinajstić information content (AvgIpc) is 1.63. The summed E-state index contributed by atoms with van der Waals surface area (Å²) in [6, 6.07) is 77.1. The van der Waals surface area contributed by atoms with E-state index in [9.17, 15) is 4.39 Å². The molecule has 4 heterocycles. The van der Waals surface area contributed by atoms with Crippen molar-refractivity contribution in [1.29, 1.82) is 0 Å². The van der Waals surface area contributed by atoms with Crippen molar-refractivity contribution in [1.82, 2.24) is 39.0 Å². The minimum atomic E-state index is -4.93. The van der Waals surface area contributed by atoms with Crippen molar-refractivity contribution < 1.29 is 43.9 Å². The number of hydrogen-bond acceptors (Lipinski definition) is 6. The Kier molecular flexibility index (Phi) is 15.9. The Morgan fingerprint density at radius 3 is 1.14 bits per heavy atom. The molecule has 0 N–H and O–H groups in total. The van der Waals surface area contributed by atoms with Gasteiger partial charge in [-0.1, -0.05) is 182 Å². The van der Waals surface area contributed by atoms with E-state index in [4.69, 9.17) is 29.9 Å². The van der Waals surface area contributed by atoms with Crippen LogP contribution >= 0.6 is 0 Å². The van der Waals surface area contributed by atoms with Gasteiger partial charge in [-0.3, -0.25) is 0 Å². The van der Waals surface area contributed by atoms with Gasteiger partial charge in [-0.2, -0.15) is 26.3 Å². The second kappa shape index (κ2) is 25.7. The molecular weight excluding hydrogens is 1350 g/mol. The fraction of sp³-hybridized carbons (Fsp3) is 0.0345. The lowest BCUT2D eigenvalue weighted by molar-refractivity contribution is -0.138. The smallest absolute Gasteiger partial charge is 0.308 e. The van der Waals surface area contributed by atoms with Crippen molar-refractivity contribution in [2.24, 2.45) is 0 Å². The van der Waals surface area contributed by atoms with E-state index >= 15 is 39.5 Å². The van der Waals surface area contributed by atoms with E-state index in [-0.39, 0.29) is 72.8 Å². The van der Waals surface area contributed by atoms with Gasteiger partial charge in [0, 0.05) is 72.6 Å². The van der Waals surface area contributed by atoms with Gasteiger partial charge in [-0.15, -0.1) is 0 Å². The maximum absolute atomic E-state index is 16.7. The highest BCUT2D eigenvalue weighted by Crippen LogP contribution is 2.48. The summed E-state index contributed by atoms with van der Waals surface area (Å²) in [5.41, 5.74) is 6.08. The van der Waals surface area contributed by atoms with E-state index in [1.165, 1.54) is 41.0 Å². The minimum Gasteiger partial charge on any atom is -0.308 e. The largest absolute Gasteiger partial charge is 0.416 e. The molecule has 0 amide bonds. The number of aromatic nitrogens is 8. The fourth-order valence-electron chi connectivity index (χ4n) is 14.0. The summed E-state index contributed by atoms with van der Waals surface area (Å²) in [6.07, 6.45) is -9.85. The van der Waals surface area contributed by atoms with E-state index in [0.717, 1.165) is 80.5 Å². The molecule has 13 aromatic carbocycles. The van der Waals surface area contributed by atoms with Gasteiger partial charge in [0.05, 0.1) is 50.1 Å². The number of alkyl halides is 6. The molecule has 17 rings (SSSR count). The first-order valence-electron chi connectivity index (χ1n) is 33.2. The molecule has 0 aliphatic carbocycles. The SMILES string of the molecule is Cc1cc(-c2cc(-c3ccc(F)cc3F)cc(-n3c4cc(C(F)(F)F)ccc4c4ccc(C(F)(F)F)cc43)c2-c2nc(-c3ccccc3)nc(-c3ccccc3)n2)ccc1-c1ccc2c(c1)c1ccccc1n2-c1cc(-c2ccc(F)cc2F)ccc1-c1nc(-c2ccccc2)nc(-c2ccccc2)n1. The Morgan fingerprint density at radius 1 is 0.257 bits per heavy atom. The molecule has 4 aromatic heterocycles. The highest BCUT2D eigenvalue weighted by atomic mass is 19.4. The molecule has 0 unspecified atom stereocenters. The first-order chi connectivity index (χ1) is 50.8. The summed E-state index contributed by atoms with van der Waals surface area (Å²) >= 11 is 0. The lowest BCUT2D eigenvalue weighted by Crippen LogP contribution is -2.08. The second-order valence-electron chi connectivity index (χ2n) is 25.4. The Morgan fingerprint density at radius 2 is 0.648 bits per heavy atom. The zero-order chi connectivity index (χ0) is 72.0. The third kappa shape index (κ3) is 11.9. The molecule has 0 spiro atoms. The van der Waals surface area contributed by atoms with E-state index in [1.54, 1.807) is 60.7 Å². The highest BCUT2D eigenvalue weighted by molar-refractivity contribution is 6.13. The number of benzene rings is 13. The summed E-state index contributed by atoms with van der Waals surface area (Å²) in [5, 5.41) is 1.96. The van der Waals surface area contributed by atoms with Crippen molar-refractivity contribution in [3.05, 3.63) is 325 Å². The van der Waals surface area contributed by atoms with Crippen molar-refractivity contribution >= 4 is 43.6 Å². The van der Waals surface area contributed by atoms with Crippen LogP contribution in [0.25, 0.3) is 168 Å². The van der Waals surface area contributed by atoms with Crippen LogP contribution < -0.4 is 0 Å². The molecule has 0 saturated heterocycles. The predicted molar refractivity (Wildman–Crippen MR) is 391 cm³/mol. The molecule has 18 heteroatoms. The van der Waals surface area contributed by atoms with Crippen LogP contribution in [0.5, 0.6) is 0 Å². The van der Waals surface area contributed by atoms with Gasteiger partial charge >= 0.3 is 12.4 Å². The summed E-state index contributed by atoms with van der Waals surface area (Å²) in [7, 11) is 0. The van der Waals surface area contributed by atoms with Crippen LogP contribution in [0.1, 0.15) is 16.7 Å². The van der Waals surface area contributed by atoms with E-state index < -0.39 is 46.7 Å². The Labute approximate surface area is 592 Å². The first-order valence-corrected chi connectivity index (χ1v) is 33.2. The maximum atomic E-state index is 16.7. The maximum Gasteiger partial charge on any atom is 0.416 e. The fourth-order valence-corrected chi connectivity index (χ4v) is 14.0. The number of para-hydroxylation sites is 1. The van der Waals surface area contributed by atoms with Gasteiger partial charge in [-0.25, -0.2) is 47.5 Å². The van der Waals surface area contributed by atoms with Gasteiger partial charge in [0.1, 0.15) is 23.3 Å². The van der Waals surface area contributed by atoms with Crippen LogP contribution in [0.2, 0.25) is 0 Å². The van der Waals surface area contributed by atoms with Gasteiger partial charge < -0.3 is 9.13 Å². The Balaban J connectivity index is 0.905. The van der Waals surface area contributed by atoms with Crippen molar-refractivity contribution in [3.8, 4) is 124 Å². The van der Waals surface area contributed by atoms with Gasteiger partial charge in [0.2, 0.25) is 0 Å². The highest BCUT2D eigenvalue weighted by Gasteiger charge is 2.35. The van der Waals surface area contributed by atoms with Crippen LogP contribution in [0, 0.1) is 30.2 Å². The number of rotatable bonds is 12. The first kappa shape index (κ1) is 65.1. The zero-order valence-corrected chi connectivity index (χ0v) is 55.0. The van der Waals surface area contributed by atoms with Crippen LogP contribution in [0.4, 0.5) is 43.9 Å². The molecule has 8 nitrogen and oxygen atoms in total. The van der Waals surface area contributed by atoms with Crippen LogP contribution in [0.3, 0.4) is 0 Å². The van der Waals surface area contributed by atoms with Gasteiger partial charge in [0.25, 0.3) is 0 Å². The number of halogens is 10. The Hall–Kier alpha value is -13.2. The standard InChI is InChI=1S/C87H50F10N8/c1-49-40-54(26-33-62(49)55-28-39-74-70(41-55)65-24-14-15-25-73(65)104(74)75-43-56(63-37-31-60(88)47-71(63)90)27-34-68(75)84-100-80(50-16-6-2-7-17-50)98-81(101-84)51-18-8-3-9-19-51)69-42-57(64-38-32-61(89)48-72(64)91)44-78(79(69)85-102-82(52-20-10-4-11-21-52)99-83(103-85)53-22-12-5-13-23-53)105-76-45-58(86(92,93)94)29-35-66(76)67-36-30-59(46-77(67)105)87(95,96)97/h2-48H,1H3. The summed E-state index contributed by atoms with van der Waals surface area (Å²) in [4.78, 5) is 30.4. The number of hydrogen-bond donors (Lipinski definition) is 0. The summed E-state index contributed by atoms with van der Waals surface area (Å²) in [6.45, 7) is 1.89. The van der Waals surface area contributed by atoms with Crippen molar-refractivity contribution in [2.45, 2.75) is 19.3 Å². The number of nitrogens with zero attached hydrogens (tertiary/aromatic N) is 8. The van der Waals surface area contributed by atoms with E-state index in [1.807, 2.05) is 146 Å². The lowest BCUT2D eigenvalue weighted by Gasteiger charge is -2.21. The molecule has 508 valence electrons. The minimum absolute atomic E-state index is 0.0575. The third-order valence-corrected chi connectivity index (χ3v) is 18.9. The normalized spacial score (nSPS) is 12.0. The van der Waals surface area contributed by atoms with E-state index in [0.29, 0.717) is 62.6 Å². The van der Waals surface area contributed by atoms with Crippen LogP contribution in [0.15, 0.2) is 285 Å². The molecule has 0 aliphatic heterocycles.